The van der Waals surface area contributed by atoms with Crippen LogP contribution in [0.3, 0.4) is 0 Å². The topological polar surface area (TPSA) is 21.6 Å². The quantitative estimate of drug-likeness (QED) is 0.339. The number of aliphatic imine (C=N–C) groups is 1. The van der Waals surface area contributed by atoms with E-state index in [1.54, 1.807) is 14.2 Å². The van der Waals surface area contributed by atoms with E-state index in [9.17, 15) is 0 Å². The van der Waals surface area contributed by atoms with Gasteiger partial charge in [0.15, 0.2) is 6.10 Å². The molecule has 0 aromatic carbocycles. The first-order valence-electron chi connectivity index (χ1n) is 2.79. The summed E-state index contributed by atoms with van der Waals surface area (Å²) in [6.45, 7) is 0. The molecule has 0 aromatic heterocycles. The van der Waals surface area contributed by atoms with E-state index in [2.05, 4.69) is 10.9 Å². The fraction of sp³-hybridized carbons (Fsp3) is 0.571. The molecule has 0 aliphatic rings. The van der Waals surface area contributed by atoms with Gasteiger partial charge in [0.25, 0.3) is 0 Å². The molecule has 0 bridgehead atoms. The second-order valence-electron chi connectivity index (χ2n) is 1.55. The lowest BCUT2D eigenvalue weighted by atomic mass is 10.4. The zero-order valence-corrected chi connectivity index (χ0v) is 7.23. The molecule has 0 N–H and O–H groups in total. The second kappa shape index (κ2) is 5.33. The van der Waals surface area contributed by atoms with Gasteiger partial charge in [0.2, 0.25) is 0 Å². The van der Waals surface area contributed by atoms with Crippen molar-refractivity contribution in [1.29, 1.82) is 0 Å². The lowest BCUT2D eigenvalue weighted by Crippen LogP contribution is -2.17. The molecule has 0 amide bonds. The Bertz CT molecular complexity index is 159. The predicted molar refractivity (Wildman–Crippen MR) is 46.5 cm³/mol. The van der Waals surface area contributed by atoms with E-state index in [4.69, 9.17) is 11.2 Å². The normalized spacial score (nSPS) is 14.4. The van der Waals surface area contributed by atoms with Crippen LogP contribution in [-0.4, -0.2) is 31.6 Å². The van der Waals surface area contributed by atoms with Gasteiger partial charge in [-0.15, -0.1) is 18.2 Å². The van der Waals surface area contributed by atoms with Gasteiger partial charge in [-0.05, 0) is 6.26 Å². The van der Waals surface area contributed by atoms with Crippen LogP contribution in [0.2, 0.25) is 0 Å². The van der Waals surface area contributed by atoms with Crippen LogP contribution < -0.4 is 0 Å². The SMILES string of the molecule is C#CC(OC)C(=NC)SC. The third-order valence-electron chi connectivity index (χ3n) is 1.04. The smallest absolute Gasteiger partial charge is 0.165 e. The number of thioether (sulfide) groups is 1. The monoisotopic (exact) mass is 157 g/mol. The molecular formula is C7H11NOS. The van der Waals surface area contributed by atoms with Gasteiger partial charge in [-0.25, -0.2) is 0 Å². The van der Waals surface area contributed by atoms with Crippen LogP contribution in [0.5, 0.6) is 0 Å². The number of hydrogen-bond donors (Lipinski definition) is 0. The standard InChI is InChI=1S/C7H11NOS/c1-5-6(9-3)7(8-2)10-4/h1,6H,2-4H3. The predicted octanol–water partition coefficient (Wildman–Crippen LogP) is 1.03. The maximum atomic E-state index is 5.17. The van der Waals surface area contributed by atoms with Crippen LogP contribution >= 0.6 is 11.8 Å². The maximum Gasteiger partial charge on any atom is 0.165 e. The number of terminal acetylenes is 1. The number of rotatable bonds is 2. The highest BCUT2D eigenvalue weighted by atomic mass is 32.2. The summed E-state index contributed by atoms with van der Waals surface area (Å²) in [5.41, 5.74) is 0. The van der Waals surface area contributed by atoms with E-state index in [-0.39, 0.29) is 6.10 Å². The minimum absolute atomic E-state index is 0.278. The summed E-state index contributed by atoms with van der Waals surface area (Å²) >= 11 is 1.51. The van der Waals surface area contributed by atoms with E-state index in [1.807, 2.05) is 6.26 Å². The molecule has 0 saturated carbocycles. The molecule has 0 fully saturated rings. The summed E-state index contributed by atoms with van der Waals surface area (Å²) in [6, 6.07) is 0. The molecule has 0 radical (unpaired) electrons. The molecule has 0 heterocycles. The molecule has 56 valence electrons. The Hall–Kier alpha value is -0.460. The van der Waals surface area contributed by atoms with E-state index in [1.165, 1.54) is 11.8 Å². The molecule has 0 spiro atoms. The fourth-order valence-corrected chi connectivity index (χ4v) is 1.12. The summed E-state index contributed by atoms with van der Waals surface area (Å²) in [5, 5.41) is 0.838. The van der Waals surface area contributed by atoms with Crippen molar-refractivity contribution in [3.05, 3.63) is 0 Å². The molecule has 2 nitrogen and oxygen atoms in total. The highest BCUT2D eigenvalue weighted by Gasteiger charge is 2.08. The molecule has 0 aliphatic carbocycles. The van der Waals surface area contributed by atoms with Crippen molar-refractivity contribution in [3.8, 4) is 12.3 Å². The first-order chi connectivity index (χ1) is 4.79. The van der Waals surface area contributed by atoms with Crippen LogP contribution in [0.25, 0.3) is 0 Å². The van der Waals surface area contributed by atoms with Gasteiger partial charge < -0.3 is 4.74 Å². The number of hydrogen-bond acceptors (Lipinski definition) is 3. The Balaban J connectivity index is 4.14. The molecule has 1 atom stereocenters. The lowest BCUT2D eigenvalue weighted by molar-refractivity contribution is 0.200. The number of nitrogens with zero attached hydrogens (tertiary/aromatic N) is 1. The summed E-state index contributed by atoms with van der Waals surface area (Å²) in [7, 11) is 3.28. The van der Waals surface area contributed by atoms with E-state index < -0.39 is 0 Å². The first kappa shape index (κ1) is 9.54. The van der Waals surface area contributed by atoms with Crippen molar-refractivity contribution in [1.82, 2.24) is 0 Å². The van der Waals surface area contributed by atoms with E-state index in [0.717, 1.165) is 5.04 Å². The van der Waals surface area contributed by atoms with Gasteiger partial charge in [0.05, 0.1) is 0 Å². The third-order valence-corrected chi connectivity index (χ3v) is 1.86. The van der Waals surface area contributed by atoms with Gasteiger partial charge in [0, 0.05) is 14.2 Å². The average Bonchev–Trinajstić information content (AvgIpc) is 2.00. The van der Waals surface area contributed by atoms with Gasteiger partial charge in [-0.2, -0.15) is 0 Å². The van der Waals surface area contributed by atoms with Gasteiger partial charge in [-0.1, -0.05) is 5.92 Å². The van der Waals surface area contributed by atoms with Crippen LogP contribution in [-0.2, 0) is 4.74 Å². The second-order valence-corrected chi connectivity index (χ2v) is 2.37. The van der Waals surface area contributed by atoms with Crippen molar-refractivity contribution in [2.45, 2.75) is 6.10 Å². The molecule has 1 unspecified atom stereocenters. The van der Waals surface area contributed by atoms with Gasteiger partial charge >= 0.3 is 0 Å². The Morgan fingerprint density at radius 3 is 2.50 bits per heavy atom. The molecule has 3 heteroatoms. The Morgan fingerprint density at radius 2 is 2.40 bits per heavy atom. The maximum absolute atomic E-state index is 5.17. The molecule has 0 saturated heterocycles. The summed E-state index contributed by atoms with van der Waals surface area (Å²) in [6.07, 6.45) is 6.81. The number of methoxy groups -OCH3 is 1. The number of ether oxygens (including phenoxy) is 1. The molecule has 0 aliphatic heterocycles. The third kappa shape index (κ3) is 2.42. The van der Waals surface area contributed by atoms with Crippen LogP contribution in [0.15, 0.2) is 4.99 Å². The molecular weight excluding hydrogens is 146 g/mol. The van der Waals surface area contributed by atoms with Crippen molar-refractivity contribution < 1.29 is 4.74 Å². The van der Waals surface area contributed by atoms with Gasteiger partial charge in [0.1, 0.15) is 5.04 Å². The van der Waals surface area contributed by atoms with Crippen molar-refractivity contribution >= 4 is 16.8 Å². The van der Waals surface area contributed by atoms with Crippen LogP contribution in [0.4, 0.5) is 0 Å². The van der Waals surface area contributed by atoms with Crippen molar-refractivity contribution in [2.24, 2.45) is 4.99 Å². The zero-order chi connectivity index (χ0) is 7.98. The van der Waals surface area contributed by atoms with E-state index >= 15 is 0 Å². The molecule has 0 rings (SSSR count). The minimum Gasteiger partial charge on any atom is -0.362 e. The zero-order valence-electron chi connectivity index (χ0n) is 6.42. The van der Waals surface area contributed by atoms with E-state index in [0.29, 0.717) is 0 Å². The highest BCUT2D eigenvalue weighted by Crippen LogP contribution is 2.04. The van der Waals surface area contributed by atoms with Crippen molar-refractivity contribution in [3.63, 3.8) is 0 Å². The summed E-state index contributed by atoms with van der Waals surface area (Å²) < 4.78 is 4.96. The van der Waals surface area contributed by atoms with Crippen LogP contribution in [0, 0.1) is 12.3 Å². The summed E-state index contributed by atoms with van der Waals surface area (Å²) in [5.74, 6) is 2.48. The van der Waals surface area contributed by atoms with Gasteiger partial charge in [-0.3, -0.25) is 4.99 Å². The molecule has 0 aromatic rings. The largest absolute Gasteiger partial charge is 0.362 e. The first-order valence-corrected chi connectivity index (χ1v) is 4.02. The average molecular weight is 157 g/mol. The molecule has 10 heavy (non-hydrogen) atoms. The van der Waals surface area contributed by atoms with Crippen molar-refractivity contribution in [2.75, 3.05) is 20.4 Å². The Kier molecular flexibility index (Phi) is 5.09. The minimum atomic E-state index is -0.278. The lowest BCUT2D eigenvalue weighted by Gasteiger charge is -2.07. The van der Waals surface area contributed by atoms with Crippen LogP contribution in [0.1, 0.15) is 0 Å². The fourth-order valence-electron chi connectivity index (χ4n) is 0.556. The summed E-state index contributed by atoms with van der Waals surface area (Å²) in [4.78, 5) is 3.96. The Morgan fingerprint density at radius 1 is 1.80 bits per heavy atom. The highest BCUT2D eigenvalue weighted by molar-refractivity contribution is 8.13. The Labute approximate surface area is 66.1 Å².